The van der Waals surface area contributed by atoms with Crippen molar-refractivity contribution < 1.29 is 0 Å². The normalized spacial score (nSPS) is 14.2. The lowest BCUT2D eigenvalue weighted by atomic mass is 9.83. The summed E-state index contributed by atoms with van der Waals surface area (Å²) in [6.45, 7) is 8.76. The zero-order valence-corrected chi connectivity index (χ0v) is 15.3. The van der Waals surface area contributed by atoms with E-state index in [2.05, 4.69) is 55.9 Å². The summed E-state index contributed by atoms with van der Waals surface area (Å²) in [6, 6.07) is 12.5. The number of nitrogens with one attached hydrogen (secondary N) is 2. The Morgan fingerprint density at radius 1 is 0.960 bits per heavy atom. The summed E-state index contributed by atoms with van der Waals surface area (Å²) in [5.74, 6) is 2.05. The SMILES string of the molecule is CCC(C)(Cc1nc2ccccc2[nH]1)c1nc2c(C)c(C)ccc2[nH]1. The van der Waals surface area contributed by atoms with Crippen molar-refractivity contribution in [3.05, 3.63) is 59.2 Å². The zero-order chi connectivity index (χ0) is 17.6. The first-order valence-corrected chi connectivity index (χ1v) is 8.90. The topological polar surface area (TPSA) is 57.4 Å². The van der Waals surface area contributed by atoms with Crippen LogP contribution >= 0.6 is 0 Å². The molecule has 1 unspecified atom stereocenters. The van der Waals surface area contributed by atoms with E-state index in [1.807, 2.05) is 18.2 Å². The van der Waals surface area contributed by atoms with Crippen LogP contribution in [-0.4, -0.2) is 19.9 Å². The van der Waals surface area contributed by atoms with Crippen molar-refractivity contribution in [2.24, 2.45) is 0 Å². The Kier molecular flexibility index (Phi) is 3.64. The summed E-state index contributed by atoms with van der Waals surface area (Å²) >= 11 is 0. The predicted molar refractivity (Wildman–Crippen MR) is 103 cm³/mol. The second-order valence-electron chi connectivity index (χ2n) is 7.28. The minimum atomic E-state index is -0.0900. The van der Waals surface area contributed by atoms with Gasteiger partial charge < -0.3 is 9.97 Å². The number of fused-ring (bicyclic) bond motifs is 2. The van der Waals surface area contributed by atoms with Crippen LogP contribution in [0.2, 0.25) is 0 Å². The van der Waals surface area contributed by atoms with Gasteiger partial charge in [0.15, 0.2) is 0 Å². The molecular weight excluding hydrogens is 308 g/mol. The third-order valence-electron chi connectivity index (χ3n) is 5.53. The first kappa shape index (κ1) is 15.9. The predicted octanol–water partition coefficient (Wildman–Crippen LogP) is 4.97. The van der Waals surface area contributed by atoms with Gasteiger partial charge in [0.2, 0.25) is 0 Å². The molecule has 4 heteroatoms. The molecule has 0 saturated heterocycles. The van der Waals surface area contributed by atoms with E-state index < -0.39 is 0 Å². The van der Waals surface area contributed by atoms with E-state index in [1.165, 1.54) is 11.1 Å². The molecule has 128 valence electrons. The number of imidazole rings is 2. The summed E-state index contributed by atoms with van der Waals surface area (Å²) in [5.41, 5.74) is 6.75. The number of para-hydroxylation sites is 2. The number of aromatic amines is 2. The molecule has 4 nitrogen and oxygen atoms in total. The zero-order valence-electron chi connectivity index (χ0n) is 15.3. The van der Waals surface area contributed by atoms with Gasteiger partial charge >= 0.3 is 0 Å². The van der Waals surface area contributed by atoms with E-state index in [4.69, 9.17) is 9.97 Å². The maximum atomic E-state index is 4.97. The fraction of sp³-hybridized carbons (Fsp3) is 0.333. The van der Waals surface area contributed by atoms with Crippen molar-refractivity contribution in [3.8, 4) is 0 Å². The highest BCUT2D eigenvalue weighted by atomic mass is 15.0. The Morgan fingerprint density at radius 3 is 2.52 bits per heavy atom. The van der Waals surface area contributed by atoms with E-state index in [0.717, 1.165) is 46.6 Å². The summed E-state index contributed by atoms with van der Waals surface area (Å²) in [7, 11) is 0. The van der Waals surface area contributed by atoms with Crippen LogP contribution in [0.3, 0.4) is 0 Å². The number of nitrogens with zero attached hydrogens (tertiary/aromatic N) is 2. The van der Waals surface area contributed by atoms with Crippen LogP contribution < -0.4 is 0 Å². The molecule has 0 bridgehead atoms. The van der Waals surface area contributed by atoms with Crippen molar-refractivity contribution >= 4 is 22.1 Å². The Morgan fingerprint density at radius 2 is 1.76 bits per heavy atom. The Hall–Kier alpha value is -2.62. The maximum absolute atomic E-state index is 4.97. The number of benzene rings is 2. The molecule has 0 aliphatic carbocycles. The fourth-order valence-corrected chi connectivity index (χ4v) is 3.43. The summed E-state index contributed by atoms with van der Waals surface area (Å²) in [6.07, 6.45) is 1.82. The van der Waals surface area contributed by atoms with Crippen LogP contribution in [-0.2, 0) is 11.8 Å². The van der Waals surface area contributed by atoms with Gasteiger partial charge in [-0.1, -0.05) is 32.0 Å². The lowest BCUT2D eigenvalue weighted by molar-refractivity contribution is 0.420. The molecular formula is C21H24N4. The summed E-state index contributed by atoms with van der Waals surface area (Å²) in [4.78, 5) is 16.7. The van der Waals surface area contributed by atoms with Crippen molar-refractivity contribution in [3.63, 3.8) is 0 Å². The average molecular weight is 332 g/mol. The Bertz CT molecular complexity index is 1020. The van der Waals surface area contributed by atoms with Crippen molar-refractivity contribution in [1.29, 1.82) is 0 Å². The monoisotopic (exact) mass is 332 g/mol. The molecule has 0 radical (unpaired) electrons. The molecule has 0 amide bonds. The fourth-order valence-electron chi connectivity index (χ4n) is 3.43. The van der Waals surface area contributed by atoms with E-state index in [0.29, 0.717) is 0 Å². The Balaban J connectivity index is 1.76. The molecule has 0 saturated carbocycles. The van der Waals surface area contributed by atoms with E-state index in [1.54, 1.807) is 0 Å². The van der Waals surface area contributed by atoms with Crippen LogP contribution in [0.4, 0.5) is 0 Å². The van der Waals surface area contributed by atoms with E-state index in [-0.39, 0.29) is 5.41 Å². The lowest BCUT2D eigenvalue weighted by Crippen LogP contribution is -2.26. The van der Waals surface area contributed by atoms with Crippen molar-refractivity contribution in [2.45, 2.75) is 46.0 Å². The van der Waals surface area contributed by atoms with Gasteiger partial charge in [-0.25, -0.2) is 9.97 Å². The highest BCUT2D eigenvalue weighted by Crippen LogP contribution is 2.32. The average Bonchev–Trinajstić information content (AvgIpc) is 3.22. The molecule has 4 rings (SSSR count). The second kappa shape index (κ2) is 5.73. The minimum absolute atomic E-state index is 0.0900. The molecule has 25 heavy (non-hydrogen) atoms. The molecule has 0 fully saturated rings. The number of hydrogen-bond donors (Lipinski definition) is 2. The molecule has 1 atom stereocenters. The smallest absolute Gasteiger partial charge is 0.113 e. The van der Waals surface area contributed by atoms with Crippen molar-refractivity contribution in [1.82, 2.24) is 19.9 Å². The van der Waals surface area contributed by atoms with Crippen LogP contribution in [0.25, 0.3) is 22.1 Å². The number of aryl methyl sites for hydroxylation is 2. The van der Waals surface area contributed by atoms with E-state index >= 15 is 0 Å². The maximum Gasteiger partial charge on any atom is 0.113 e. The van der Waals surface area contributed by atoms with Crippen LogP contribution in [0, 0.1) is 13.8 Å². The third-order valence-corrected chi connectivity index (χ3v) is 5.53. The molecule has 0 aliphatic rings. The van der Waals surface area contributed by atoms with Gasteiger partial charge in [-0.05, 0) is 49.6 Å². The highest BCUT2D eigenvalue weighted by Gasteiger charge is 2.30. The summed E-state index contributed by atoms with van der Waals surface area (Å²) < 4.78 is 0. The van der Waals surface area contributed by atoms with Crippen LogP contribution in [0.15, 0.2) is 36.4 Å². The van der Waals surface area contributed by atoms with Crippen LogP contribution in [0.5, 0.6) is 0 Å². The third kappa shape index (κ3) is 2.62. The molecule has 0 aliphatic heterocycles. The van der Waals surface area contributed by atoms with Gasteiger partial charge in [-0.2, -0.15) is 0 Å². The number of rotatable bonds is 4. The van der Waals surface area contributed by atoms with Gasteiger partial charge in [-0.15, -0.1) is 0 Å². The molecule has 2 N–H and O–H groups in total. The lowest BCUT2D eigenvalue weighted by Gasteiger charge is -2.24. The van der Waals surface area contributed by atoms with Crippen LogP contribution in [0.1, 0.15) is 43.0 Å². The standard InChI is InChI=1S/C21H24N4/c1-5-21(4,12-18-22-15-8-6-7-9-16(15)23-18)20-24-17-11-10-13(2)14(3)19(17)25-20/h6-11H,5,12H2,1-4H3,(H,22,23)(H,24,25). The van der Waals surface area contributed by atoms with Gasteiger partial charge in [0, 0.05) is 11.8 Å². The van der Waals surface area contributed by atoms with Gasteiger partial charge in [-0.3, -0.25) is 0 Å². The van der Waals surface area contributed by atoms with Gasteiger partial charge in [0.25, 0.3) is 0 Å². The number of H-pyrrole nitrogens is 2. The molecule has 2 aromatic heterocycles. The van der Waals surface area contributed by atoms with Gasteiger partial charge in [0.1, 0.15) is 11.6 Å². The Labute approximate surface area is 147 Å². The minimum Gasteiger partial charge on any atom is -0.342 e. The highest BCUT2D eigenvalue weighted by molar-refractivity contribution is 5.80. The quantitative estimate of drug-likeness (QED) is 0.554. The molecule has 2 aromatic carbocycles. The number of hydrogen-bond acceptors (Lipinski definition) is 2. The first-order valence-electron chi connectivity index (χ1n) is 8.90. The molecule has 0 spiro atoms. The first-order chi connectivity index (χ1) is 12.0. The molecule has 4 aromatic rings. The molecule has 2 heterocycles. The van der Waals surface area contributed by atoms with Crippen molar-refractivity contribution in [2.75, 3.05) is 0 Å². The van der Waals surface area contributed by atoms with Gasteiger partial charge in [0.05, 0.1) is 22.1 Å². The largest absolute Gasteiger partial charge is 0.342 e. The summed E-state index contributed by atoms with van der Waals surface area (Å²) in [5, 5.41) is 0. The van der Waals surface area contributed by atoms with E-state index in [9.17, 15) is 0 Å². The number of aromatic nitrogens is 4. The second-order valence-corrected chi connectivity index (χ2v) is 7.28.